The maximum Gasteiger partial charge on any atom is 0.318 e. The number of benzene rings is 2. The third-order valence-electron chi connectivity index (χ3n) is 4.77. The lowest BCUT2D eigenvalue weighted by molar-refractivity contribution is 0.191. The van der Waals surface area contributed by atoms with E-state index in [-0.39, 0.29) is 12.1 Å². The number of carbonyl (C=O) groups is 1. The minimum atomic E-state index is -0.00103. The molecule has 1 aliphatic rings. The third-order valence-corrected chi connectivity index (χ3v) is 4.77. The van der Waals surface area contributed by atoms with Crippen molar-refractivity contribution in [1.82, 2.24) is 20.2 Å². The Morgan fingerprint density at radius 2 is 1.96 bits per heavy atom. The molecule has 4 rings (SSSR count). The van der Waals surface area contributed by atoms with E-state index in [9.17, 15) is 4.79 Å². The van der Waals surface area contributed by atoms with Gasteiger partial charge in [0.25, 0.3) is 0 Å². The van der Waals surface area contributed by atoms with Gasteiger partial charge >= 0.3 is 6.03 Å². The number of carbonyl (C=O) groups excluding carboxylic acids is 1. The summed E-state index contributed by atoms with van der Waals surface area (Å²) in [6, 6.07) is 18.2. The number of fused-ring (bicyclic) bond motifs is 1. The number of rotatable bonds is 4. The average molecular weight is 334 g/mol. The first-order chi connectivity index (χ1) is 12.3. The van der Waals surface area contributed by atoms with Gasteiger partial charge in [-0.3, -0.25) is 0 Å². The van der Waals surface area contributed by atoms with Crippen molar-refractivity contribution in [1.29, 1.82) is 0 Å². The Morgan fingerprint density at radius 3 is 2.80 bits per heavy atom. The van der Waals surface area contributed by atoms with Gasteiger partial charge in [0.2, 0.25) is 0 Å². The van der Waals surface area contributed by atoms with E-state index >= 15 is 0 Å². The average Bonchev–Trinajstić information content (AvgIpc) is 3.29. The molecular weight excluding hydrogens is 312 g/mol. The van der Waals surface area contributed by atoms with Gasteiger partial charge in [-0.25, -0.2) is 9.78 Å². The van der Waals surface area contributed by atoms with Crippen LogP contribution in [0.3, 0.4) is 0 Å². The molecule has 0 bridgehead atoms. The summed E-state index contributed by atoms with van der Waals surface area (Å²) in [6.45, 7) is 1.42. The number of nitrogens with zero attached hydrogens (tertiary/aromatic N) is 2. The number of H-pyrrole nitrogens is 1. The molecule has 5 heteroatoms. The molecule has 0 saturated carbocycles. The summed E-state index contributed by atoms with van der Waals surface area (Å²) in [5.41, 5.74) is 3.21. The van der Waals surface area contributed by atoms with E-state index in [1.807, 2.05) is 47.4 Å². The predicted molar refractivity (Wildman–Crippen MR) is 98.3 cm³/mol. The van der Waals surface area contributed by atoms with Gasteiger partial charge in [0.1, 0.15) is 5.82 Å². The fraction of sp³-hybridized carbons (Fsp3) is 0.300. The molecule has 1 unspecified atom stereocenters. The van der Waals surface area contributed by atoms with Crippen LogP contribution in [0.5, 0.6) is 0 Å². The molecule has 1 atom stereocenters. The fourth-order valence-corrected chi connectivity index (χ4v) is 3.48. The lowest BCUT2D eigenvalue weighted by Crippen LogP contribution is -2.40. The first kappa shape index (κ1) is 15.7. The van der Waals surface area contributed by atoms with Crippen molar-refractivity contribution in [2.45, 2.75) is 25.3 Å². The number of nitrogens with one attached hydrogen (secondary N) is 2. The molecule has 3 aromatic rings. The first-order valence-electron chi connectivity index (χ1n) is 8.84. The number of hydrogen-bond acceptors (Lipinski definition) is 2. The quantitative estimate of drug-likeness (QED) is 0.765. The highest BCUT2D eigenvalue weighted by Crippen LogP contribution is 2.31. The number of aromatic nitrogens is 2. The number of hydrogen-bond donors (Lipinski definition) is 2. The van der Waals surface area contributed by atoms with E-state index in [1.54, 1.807) is 0 Å². The number of amides is 2. The standard InChI is InChI=1S/C20H22N4O/c25-20(21-13-12-15-7-2-1-3-8-15)24-14-6-11-18(24)19-22-16-9-4-5-10-17(16)23-19/h1-5,7-10,18H,6,11-14H2,(H,21,25)(H,22,23). The highest BCUT2D eigenvalue weighted by molar-refractivity contribution is 5.77. The van der Waals surface area contributed by atoms with Crippen molar-refractivity contribution in [3.63, 3.8) is 0 Å². The van der Waals surface area contributed by atoms with Gasteiger partial charge in [-0.2, -0.15) is 0 Å². The number of para-hydroxylation sites is 2. The van der Waals surface area contributed by atoms with Gasteiger partial charge in [-0.15, -0.1) is 0 Å². The van der Waals surface area contributed by atoms with E-state index in [1.165, 1.54) is 5.56 Å². The summed E-state index contributed by atoms with van der Waals surface area (Å²) in [4.78, 5) is 22.6. The molecule has 2 aromatic carbocycles. The van der Waals surface area contributed by atoms with E-state index in [0.29, 0.717) is 6.54 Å². The van der Waals surface area contributed by atoms with E-state index in [4.69, 9.17) is 0 Å². The second-order valence-corrected chi connectivity index (χ2v) is 6.46. The smallest absolute Gasteiger partial charge is 0.318 e. The predicted octanol–water partition coefficient (Wildman–Crippen LogP) is 3.65. The lowest BCUT2D eigenvalue weighted by Gasteiger charge is -2.23. The monoisotopic (exact) mass is 334 g/mol. The number of urea groups is 1. The van der Waals surface area contributed by atoms with Crippen LogP contribution in [-0.2, 0) is 6.42 Å². The van der Waals surface area contributed by atoms with Gasteiger partial charge in [0, 0.05) is 13.1 Å². The summed E-state index contributed by atoms with van der Waals surface area (Å²) in [5.74, 6) is 0.886. The summed E-state index contributed by atoms with van der Waals surface area (Å²) < 4.78 is 0. The van der Waals surface area contributed by atoms with Crippen LogP contribution < -0.4 is 5.32 Å². The van der Waals surface area contributed by atoms with Crippen LogP contribution in [-0.4, -0.2) is 34.0 Å². The maximum atomic E-state index is 12.6. The normalized spacial score (nSPS) is 17.1. The van der Waals surface area contributed by atoms with Crippen molar-refractivity contribution in [2.75, 3.05) is 13.1 Å². The third kappa shape index (κ3) is 3.36. The molecule has 25 heavy (non-hydrogen) atoms. The molecule has 5 nitrogen and oxygen atoms in total. The minimum Gasteiger partial charge on any atom is -0.340 e. The zero-order chi connectivity index (χ0) is 17.1. The Labute approximate surface area is 147 Å². The first-order valence-corrected chi connectivity index (χ1v) is 8.84. The SMILES string of the molecule is O=C(NCCc1ccccc1)N1CCCC1c1nc2ccccc2[nH]1. The van der Waals surface area contributed by atoms with Crippen LogP contribution in [0.1, 0.15) is 30.3 Å². The Morgan fingerprint density at radius 1 is 1.16 bits per heavy atom. The van der Waals surface area contributed by atoms with Gasteiger partial charge in [-0.1, -0.05) is 42.5 Å². The Balaban J connectivity index is 1.41. The largest absolute Gasteiger partial charge is 0.340 e. The lowest BCUT2D eigenvalue weighted by atomic mass is 10.1. The number of aromatic amines is 1. The molecule has 1 fully saturated rings. The van der Waals surface area contributed by atoms with Crippen LogP contribution in [0.4, 0.5) is 4.79 Å². The summed E-state index contributed by atoms with van der Waals surface area (Å²) in [5, 5.41) is 3.05. The summed E-state index contributed by atoms with van der Waals surface area (Å²) in [6.07, 6.45) is 2.80. The molecule has 2 N–H and O–H groups in total. The summed E-state index contributed by atoms with van der Waals surface area (Å²) >= 11 is 0. The van der Waals surface area contributed by atoms with Crippen LogP contribution >= 0.6 is 0 Å². The molecular formula is C20H22N4O. The van der Waals surface area contributed by atoms with Crippen molar-refractivity contribution in [3.8, 4) is 0 Å². The molecule has 0 aliphatic carbocycles. The van der Waals surface area contributed by atoms with Crippen molar-refractivity contribution in [3.05, 3.63) is 66.0 Å². The number of likely N-dealkylation sites (tertiary alicyclic amines) is 1. The molecule has 1 saturated heterocycles. The zero-order valence-corrected chi connectivity index (χ0v) is 14.1. The van der Waals surface area contributed by atoms with Crippen LogP contribution in [0, 0.1) is 0 Å². The van der Waals surface area contributed by atoms with Gasteiger partial charge in [-0.05, 0) is 37.0 Å². The van der Waals surface area contributed by atoms with E-state index < -0.39 is 0 Å². The fourth-order valence-electron chi connectivity index (χ4n) is 3.48. The maximum absolute atomic E-state index is 12.6. The molecule has 2 amide bonds. The molecule has 1 aliphatic heterocycles. The zero-order valence-electron chi connectivity index (χ0n) is 14.1. The minimum absolute atomic E-state index is 0.00103. The van der Waals surface area contributed by atoms with E-state index in [2.05, 4.69) is 27.4 Å². The second-order valence-electron chi connectivity index (χ2n) is 6.46. The highest BCUT2D eigenvalue weighted by atomic mass is 16.2. The summed E-state index contributed by atoms with van der Waals surface area (Å²) in [7, 11) is 0. The molecule has 0 radical (unpaired) electrons. The molecule has 2 heterocycles. The molecule has 128 valence electrons. The van der Waals surface area contributed by atoms with Crippen molar-refractivity contribution < 1.29 is 4.79 Å². The molecule has 1 aromatic heterocycles. The molecule has 0 spiro atoms. The van der Waals surface area contributed by atoms with Gasteiger partial charge in [0.05, 0.1) is 17.1 Å². The Hall–Kier alpha value is -2.82. The topological polar surface area (TPSA) is 61.0 Å². The van der Waals surface area contributed by atoms with Crippen LogP contribution in [0.2, 0.25) is 0 Å². The number of imidazole rings is 1. The highest BCUT2D eigenvalue weighted by Gasteiger charge is 2.31. The van der Waals surface area contributed by atoms with E-state index in [0.717, 1.165) is 42.7 Å². The van der Waals surface area contributed by atoms with Crippen molar-refractivity contribution in [2.24, 2.45) is 0 Å². The van der Waals surface area contributed by atoms with Gasteiger partial charge in [0.15, 0.2) is 0 Å². The van der Waals surface area contributed by atoms with Crippen LogP contribution in [0.25, 0.3) is 11.0 Å². The Kier molecular flexibility index (Phi) is 4.37. The Bertz CT molecular complexity index is 825. The van der Waals surface area contributed by atoms with Crippen molar-refractivity contribution >= 4 is 17.1 Å². The van der Waals surface area contributed by atoms with Gasteiger partial charge < -0.3 is 15.2 Å². The van der Waals surface area contributed by atoms with Crippen LogP contribution in [0.15, 0.2) is 54.6 Å². The second kappa shape index (κ2) is 6.97.